The predicted octanol–water partition coefficient (Wildman–Crippen LogP) is 6.48. The zero-order chi connectivity index (χ0) is 27.7. The smallest absolute Gasteiger partial charge is 0.326 e. The van der Waals surface area contributed by atoms with E-state index < -0.39 is 23.7 Å². The molecule has 0 bridgehead atoms. The predicted molar refractivity (Wildman–Crippen MR) is 148 cm³/mol. The van der Waals surface area contributed by atoms with Crippen LogP contribution in [0.2, 0.25) is 0 Å². The van der Waals surface area contributed by atoms with E-state index in [9.17, 15) is 19.5 Å². The normalized spacial score (nSPS) is 13.3. The molecule has 1 aliphatic rings. The Morgan fingerprint density at radius 2 is 1.46 bits per heavy atom. The third kappa shape index (κ3) is 5.16. The van der Waals surface area contributed by atoms with Crippen LogP contribution in [0.4, 0.5) is 10.1 Å². The van der Waals surface area contributed by atoms with Crippen molar-refractivity contribution in [2.75, 3.05) is 5.32 Å². The fourth-order valence-electron chi connectivity index (χ4n) is 4.96. The topological polar surface area (TPSA) is 86.7 Å². The van der Waals surface area contributed by atoms with Gasteiger partial charge in [0.05, 0.1) is 5.56 Å². The second-order valence-corrected chi connectivity index (χ2v) is 9.92. The van der Waals surface area contributed by atoms with Crippen molar-refractivity contribution in [2.45, 2.75) is 26.4 Å². The molecule has 196 valence electrons. The SMILES string of the molecule is CC(C)[C@@H](C(=O)O)N1Cc2ccc(-c3ccc(C(=O)Nc4ccc(-c5ccccc5)cc4)c(F)c3)cc2C1=O. The van der Waals surface area contributed by atoms with Crippen LogP contribution >= 0.6 is 0 Å². The minimum Gasteiger partial charge on any atom is -0.480 e. The second-order valence-electron chi connectivity index (χ2n) is 9.92. The summed E-state index contributed by atoms with van der Waals surface area (Å²) in [5.41, 5.74) is 4.74. The van der Waals surface area contributed by atoms with Gasteiger partial charge in [0.2, 0.25) is 0 Å². The van der Waals surface area contributed by atoms with Crippen molar-refractivity contribution >= 4 is 23.5 Å². The minimum absolute atomic E-state index is 0.101. The Labute approximate surface area is 225 Å². The number of carbonyl (C=O) groups is 3. The van der Waals surface area contributed by atoms with E-state index in [2.05, 4.69) is 5.32 Å². The Balaban J connectivity index is 1.32. The molecular formula is C32H27FN2O4. The van der Waals surface area contributed by atoms with Crippen LogP contribution in [-0.4, -0.2) is 33.8 Å². The number of carboxylic acid groups (broad SMARTS) is 1. The molecule has 2 amide bonds. The molecule has 4 aromatic carbocycles. The molecule has 1 heterocycles. The summed E-state index contributed by atoms with van der Waals surface area (Å²) in [6.07, 6.45) is 0. The molecule has 0 spiro atoms. The maximum Gasteiger partial charge on any atom is 0.326 e. The number of nitrogens with zero attached hydrogens (tertiary/aromatic N) is 1. The van der Waals surface area contributed by atoms with Crippen LogP contribution in [0.25, 0.3) is 22.3 Å². The lowest BCUT2D eigenvalue weighted by Crippen LogP contribution is -2.44. The molecular weight excluding hydrogens is 495 g/mol. The van der Waals surface area contributed by atoms with Crippen LogP contribution in [0, 0.1) is 11.7 Å². The van der Waals surface area contributed by atoms with E-state index in [-0.39, 0.29) is 23.9 Å². The second kappa shape index (κ2) is 10.5. The summed E-state index contributed by atoms with van der Waals surface area (Å²) in [4.78, 5) is 39.0. The van der Waals surface area contributed by atoms with Crippen molar-refractivity contribution in [2.24, 2.45) is 5.92 Å². The fourth-order valence-corrected chi connectivity index (χ4v) is 4.96. The number of fused-ring (bicyclic) bond motifs is 1. The van der Waals surface area contributed by atoms with E-state index in [0.717, 1.165) is 16.7 Å². The Kier molecular flexibility index (Phi) is 6.98. The van der Waals surface area contributed by atoms with Gasteiger partial charge in [0.25, 0.3) is 11.8 Å². The summed E-state index contributed by atoms with van der Waals surface area (Å²) in [7, 11) is 0. The molecule has 39 heavy (non-hydrogen) atoms. The number of hydrogen-bond acceptors (Lipinski definition) is 3. The summed E-state index contributed by atoms with van der Waals surface area (Å²) >= 11 is 0. The Hall–Kier alpha value is -4.78. The minimum atomic E-state index is -1.05. The quantitative estimate of drug-likeness (QED) is 0.291. The highest BCUT2D eigenvalue weighted by Crippen LogP contribution is 2.32. The first-order valence-corrected chi connectivity index (χ1v) is 12.7. The van der Waals surface area contributed by atoms with Crippen LogP contribution < -0.4 is 5.32 Å². The van der Waals surface area contributed by atoms with Crippen LogP contribution in [0.3, 0.4) is 0 Å². The van der Waals surface area contributed by atoms with Gasteiger partial charge in [-0.1, -0.05) is 74.5 Å². The molecule has 0 radical (unpaired) electrons. The number of carbonyl (C=O) groups excluding carboxylic acids is 2. The lowest BCUT2D eigenvalue weighted by molar-refractivity contribution is -0.144. The molecule has 0 aromatic heterocycles. The highest BCUT2D eigenvalue weighted by molar-refractivity contribution is 6.05. The van der Waals surface area contributed by atoms with Crippen molar-refractivity contribution < 1.29 is 23.9 Å². The summed E-state index contributed by atoms with van der Waals surface area (Å²) in [6.45, 7) is 3.74. The molecule has 6 nitrogen and oxygen atoms in total. The van der Waals surface area contributed by atoms with Gasteiger partial charge < -0.3 is 15.3 Å². The maximum atomic E-state index is 15.1. The van der Waals surface area contributed by atoms with Crippen molar-refractivity contribution in [1.82, 2.24) is 4.90 Å². The van der Waals surface area contributed by atoms with Crippen LogP contribution in [0.1, 0.15) is 40.1 Å². The fraction of sp³-hybridized carbons (Fsp3) is 0.156. The van der Waals surface area contributed by atoms with Gasteiger partial charge in [0.15, 0.2) is 0 Å². The zero-order valence-electron chi connectivity index (χ0n) is 21.5. The zero-order valence-corrected chi connectivity index (χ0v) is 21.5. The van der Waals surface area contributed by atoms with E-state index in [1.807, 2.05) is 42.5 Å². The average Bonchev–Trinajstić information content (AvgIpc) is 3.24. The number of amides is 2. The molecule has 4 aromatic rings. The third-order valence-electron chi connectivity index (χ3n) is 6.96. The van der Waals surface area contributed by atoms with Crippen molar-refractivity contribution in [1.29, 1.82) is 0 Å². The van der Waals surface area contributed by atoms with Crippen LogP contribution in [0.15, 0.2) is 91.0 Å². The molecule has 0 aliphatic carbocycles. The van der Waals surface area contributed by atoms with E-state index in [1.165, 1.54) is 17.0 Å². The summed E-state index contributed by atoms with van der Waals surface area (Å²) in [5, 5.41) is 12.4. The van der Waals surface area contributed by atoms with Gasteiger partial charge >= 0.3 is 5.97 Å². The number of nitrogens with one attached hydrogen (secondary N) is 1. The molecule has 7 heteroatoms. The van der Waals surface area contributed by atoms with Crippen molar-refractivity contribution in [3.8, 4) is 22.3 Å². The Bertz CT molecular complexity index is 1570. The molecule has 2 N–H and O–H groups in total. The highest BCUT2D eigenvalue weighted by atomic mass is 19.1. The number of benzene rings is 4. The van der Waals surface area contributed by atoms with Gasteiger partial charge in [-0.25, -0.2) is 9.18 Å². The summed E-state index contributed by atoms with van der Waals surface area (Å²) in [5.74, 6) is -2.92. The van der Waals surface area contributed by atoms with E-state index in [4.69, 9.17) is 0 Å². The molecule has 5 rings (SSSR count). The van der Waals surface area contributed by atoms with Gasteiger partial charge in [-0.15, -0.1) is 0 Å². The van der Waals surface area contributed by atoms with Gasteiger partial charge in [-0.05, 0) is 64.1 Å². The third-order valence-corrected chi connectivity index (χ3v) is 6.96. The number of hydrogen-bond donors (Lipinski definition) is 2. The maximum absolute atomic E-state index is 15.1. The molecule has 1 aliphatic heterocycles. The number of anilines is 1. The molecule has 1 atom stereocenters. The summed E-state index contributed by atoms with van der Waals surface area (Å²) in [6, 6.07) is 25.7. The van der Waals surface area contributed by atoms with Crippen molar-refractivity contribution in [3.63, 3.8) is 0 Å². The Morgan fingerprint density at radius 1 is 0.846 bits per heavy atom. The number of carboxylic acids is 1. The molecule has 0 saturated carbocycles. The van der Waals surface area contributed by atoms with Crippen LogP contribution in [-0.2, 0) is 11.3 Å². The molecule has 0 fully saturated rings. The molecule has 0 saturated heterocycles. The highest BCUT2D eigenvalue weighted by Gasteiger charge is 2.38. The first-order chi connectivity index (χ1) is 18.7. The first-order valence-electron chi connectivity index (χ1n) is 12.7. The monoisotopic (exact) mass is 522 g/mol. The summed E-state index contributed by atoms with van der Waals surface area (Å²) < 4.78 is 15.1. The standard InChI is InChI=1S/C32H27FN2O4/c1-19(2)29(32(38)39)35-18-24-9-8-22(16-27(24)31(35)37)23-12-15-26(28(33)17-23)30(36)34-25-13-10-21(11-14-25)20-6-4-3-5-7-20/h3-17,19,29H,18H2,1-2H3,(H,34,36)(H,38,39)/t29-/m0/s1. The van der Waals surface area contributed by atoms with E-state index in [0.29, 0.717) is 22.4 Å². The average molecular weight is 523 g/mol. The van der Waals surface area contributed by atoms with E-state index >= 15 is 4.39 Å². The van der Waals surface area contributed by atoms with Gasteiger partial charge in [0, 0.05) is 17.8 Å². The van der Waals surface area contributed by atoms with Crippen molar-refractivity contribution in [3.05, 3.63) is 114 Å². The Morgan fingerprint density at radius 3 is 2.10 bits per heavy atom. The molecule has 0 unspecified atom stereocenters. The van der Waals surface area contributed by atoms with Gasteiger partial charge in [0.1, 0.15) is 11.9 Å². The first kappa shape index (κ1) is 25.9. The lowest BCUT2D eigenvalue weighted by Gasteiger charge is -2.27. The number of rotatable bonds is 7. The van der Waals surface area contributed by atoms with E-state index in [1.54, 1.807) is 50.2 Å². The van der Waals surface area contributed by atoms with Gasteiger partial charge in [-0.2, -0.15) is 0 Å². The van der Waals surface area contributed by atoms with Crippen LogP contribution in [0.5, 0.6) is 0 Å². The van der Waals surface area contributed by atoms with Gasteiger partial charge in [-0.3, -0.25) is 9.59 Å². The number of aliphatic carboxylic acids is 1. The largest absolute Gasteiger partial charge is 0.480 e. The lowest BCUT2D eigenvalue weighted by atomic mass is 9.99. The number of halogens is 1.